The first-order valence-electron chi connectivity index (χ1n) is 5.05. The number of nitrogens with zero attached hydrogens (tertiary/aromatic N) is 1. The maximum atomic E-state index is 5.27. The minimum absolute atomic E-state index is 0.885. The average molecular weight is 231 g/mol. The van der Waals surface area contributed by atoms with E-state index in [4.69, 9.17) is 4.74 Å². The quantitative estimate of drug-likeness (QED) is 0.753. The minimum Gasteiger partial charge on any atom is -0.495 e. The summed E-state index contributed by atoms with van der Waals surface area (Å²) in [6.07, 6.45) is 3.58. The van der Waals surface area contributed by atoms with Gasteiger partial charge in [-0.2, -0.15) is 0 Å². The largest absolute Gasteiger partial charge is 0.495 e. The van der Waals surface area contributed by atoms with Crippen molar-refractivity contribution >= 4 is 11.8 Å². The zero-order valence-electron chi connectivity index (χ0n) is 9.09. The van der Waals surface area contributed by atoms with Crippen LogP contribution in [-0.4, -0.2) is 12.1 Å². The summed E-state index contributed by atoms with van der Waals surface area (Å²) in [6, 6.07) is 12.3. The molecule has 0 aliphatic heterocycles. The highest BCUT2D eigenvalue weighted by Gasteiger charge is 2.02. The van der Waals surface area contributed by atoms with E-state index in [1.54, 1.807) is 25.1 Å². The second-order valence-corrected chi connectivity index (χ2v) is 4.32. The van der Waals surface area contributed by atoms with Crippen LogP contribution in [0.5, 0.6) is 5.75 Å². The van der Waals surface area contributed by atoms with Gasteiger partial charge in [0.25, 0.3) is 0 Å². The Kier molecular flexibility index (Phi) is 3.83. The lowest BCUT2D eigenvalue weighted by Gasteiger charge is -2.06. The Hall–Kier alpha value is -1.48. The number of rotatable bonds is 4. The highest BCUT2D eigenvalue weighted by molar-refractivity contribution is 7.98. The number of hydrogen-bond acceptors (Lipinski definition) is 3. The van der Waals surface area contributed by atoms with Crippen LogP contribution in [0.15, 0.2) is 53.7 Å². The van der Waals surface area contributed by atoms with Gasteiger partial charge in [-0.15, -0.1) is 11.8 Å². The van der Waals surface area contributed by atoms with E-state index in [1.165, 1.54) is 5.56 Å². The van der Waals surface area contributed by atoms with Crippen LogP contribution in [0.2, 0.25) is 0 Å². The van der Waals surface area contributed by atoms with E-state index in [1.807, 2.05) is 18.3 Å². The van der Waals surface area contributed by atoms with Crippen LogP contribution in [0.4, 0.5) is 0 Å². The van der Waals surface area contributed by atoms with Crippen molar-refractivity contribution in [1.29, 1.82) is 0 Å². The van der Waals surface area contributed by atoms with Gasteiger partial charge in [-0.25, -0.2) is 0 Å². The van der Waals surface area contributed by atoms with Crippen molar-refractivity contribution in [1.82, 2.24) is 4.98 Å². The SMILES string of the molecule is COc1ccncc1SCc1ccccc1. The second kappa shape index (κ2) is 5.56. The van der Waals surface area contributed by atoms with E-state index >= 15 is 0 Å². The number of ether oxygens (including phenoxy) is 1. The van der Waals surface area contributed by atoms with Crippen LogP contribution in [0.1, 0.15) is 5.56 Å². The highest BCUT2D eigenvalue weighted by atomic mass is 32.2. The topological polar surface area (TPSA) is 22.1 Å². The average Bonchev–Trinajstić information content (AvgIpc) is 2.38. The molecule has 0 saturated heterocycles. The van der Waals surface area contributed by atoms with Crippen molar-refractivity contribution in [3.63, 3.8) is 0 Å². The van der Waals surface area contributed by atoms with Crippen LogP contribution < -0.4 is 4.74 Å². The van der Waals surface area contributed by atoms with Gasteiger partial charge in [-0.05, 0) is 11.6 Å². The molecule has 0 aliphatic rings. The fourth-order valence-corrected chi connectivity index (χ4v) is 2.32. The lowest BCUT2D eigenvalue weighted by molar-refractivity contribution is 0.404. The molecule has 2 aromatic rings. The monoisotopic (exact) mass is 231 g/mol. The van der Waals surface area contributed by atoms with Crippen LogP contribution >= 0.6 is 11.8 Å². The molecule has 0 spiro atoms. The van der Waals surface area contributed by atoms with Crippen LogP contribution in [-0.2, 0) is 5.75 Å². The molecular weight excluding hydrogens is 218 g/mol. The van der Waals surface area contributed by atoms with Gasteiger partial charge >= 0.3 is 0 Å². The van der Waals surface area contributed by atoms with E-state index in [0.29, 0.717) is 0 Å². The molecule has 0 radical (unpaired) electrons. The molecule has 0 amide bonds. The van der Waals surface area contributed by atoms with Gasteiger partial charge in [0.15, 0.2) is 0 Å². The third kappa shape index (κ3) is 2.76. The van der Waals surface area contributed by atoms with Gasteiger partial charge in [0.05, 0.1) is 12.0 Å². The van der Waals surface area contributed by atoms with E-state index in [0.717, 1.165) is 16.4 Å². The molecule has 2 nitrogen and oxygen atoms in total. The van der Waals surface area contributed by atoms with Crippen LogP contribution in [0.25, 0.3) is 0 Å². The van der Waals surface area contributed by atoms with Gasteiger partial charge in [-0.3, -0.25) is 4.98 Å². The maximum Gasteiger partial charge on any atom is 0.135 e. The molecule has 1 aromatic carbocycles. The van der Waals surface area contributed by atoms with Crippen molar-refractivity contribution in [2.24, 2.45) is 0 Å². The van der Waals surface area contributed by atoms with Gasteiger partial charge in [0, 0.05) is 18.1 Å². The standard InChI is InChI=1S/C13H13NOS/c1-15-12-7-8-14-9-13(12)16-10-11-5-3-2-4-6-11/h2-9H,10H2,1H3. The smallest absolute Gasteiger partial charge is 0.135 e. The Morgan fingerprint density at radius 1 is 1.19 bits per heavy atom. The number of benzene rings is 1. The third-order valence-corrected chi connectivity index (χ3v) is 3.30. The molecule has 1 heterocycles. The lowest BCUT2D eigenvalue weighted by atomic mass is 10.2. The van der Waals surface area contributed by atoms with Crippen molar-refractivity contribution < 1.29 is 4.74 Å². The summed E-state index contributed by atoms with van der Waals surface area (Å²) in [4.78, 5) is 5.18. The van der Waals surface area contributed by atoms with Gasteiger partial charge in [-0.1, -0.05) is 30.3 Å². The minimum atomic E-state index is 0.885. The molecule has 0 fully saturated rings. The highest BCUT2D eigenvalue weighted by Crippen LogP contribution is 2.30. The number of hydrogen-bond donors (Lipinski definition) is 0. The first kappa shape index (κ1) is 11.0. The lowest BCUT2D eigenvalue weighted by Crippen LogP contribution is -1.87. The summed E-state index contributed by atoms with van der Waals surface area (Å²) in [7, 11) is 1.68. The fourth-order valence-electron chi connectivity index (χ4n) is 1.38. The normalized spacial score (nSPS) is 10.1. The molecule has 16 heavy (non-hydrogen) atoms. The predicted molar refractivity (Wildman–Crippen MR) is 66.8 cm³/mol. The molecule has 0 bridgehead atoms. The van der Waals surface area contributed by atoms with E-state index in [9.17, 15) is 0 Å². The first-order valence-corrected chi connectivity index (χ1v) is 6.03. The molecule has 1 aromatic heterocycles. The summed E-state index contributed by atoms with van der Waals surface area (Å²) < 4.78 is 5.27. The first-order chi connectivity index (χ1) is 7.90. The molecule has 0 aliphatic carbocycles. The molecule has 0 saturated carbocycles. The molecule has 0 unspecified atom stereocenters. The van der Waals surface area contributed by atoms with Crippen molar-refractivity contribution in [2.75, 3.05) is 7.11 Å². The Morgan fingerprint density at radius 2 is 2.00 bits per heavy atom. The predicted octanol–water partition coefficient (Wildman–Crippen LogP) is 3.38. The second-order valence-electron chi connectivity index (χ2n) is 3.30. The molecule has 2 rings (SSSR count). The number of thioether (sulfide) groups is 1. The zero-order chi connectivity index (χ0) is 11.2. The van der Waals surface area contributed by atoms with Gasteiger partial charge < -0.3 is 4.74 Å². The van der Waals surface area contributed by atoms with E-state index < -0.39 is 0 Å². The summed E-state index contributed by atoms with van der Waals surface area (Å²) >= 11 is 1.74. The molecule has 3 heteroatoms. The van der Waals surface area contributed by atoms with Crippen molar-refractivity contribution in [3.05, 3.63) is 54.4 Å². The molecule has 82 valence electrons. The van der Waals surface area contributed by atoms with Crippen molar-refractivity contribution in [2.45, 2.75) is 10.6 Å². The summed E-state index contributed by atoms with van der Waals surface area (Å²) in [6.45, 7) is 0. The number of aromatic nitrogens is 1. The third-order valence-electron chi connectivity index (χ3n) is 2.20. The Morgan fingerprint density at radius 3 is 2.75 bits per heavy atom. The van der Waals surface area contributed by atoms with E-state index in [2.05, 4.69) is 29.2 Å². The van der Waals surface area contributed by atoms with Gasteiger partial charge in [0.1, 0.15) is 5.75 Å². The van der Waals surface area contributed by atoms with Crippen LogP contribution in [0, 0.1) is 0 Å². The summed E-state index contributed by atoms with van der Waals surface area (Å²) in [5, 5.41) is 0. The fraction of sp³-hybridized carbons (Fsp3) is 0.154. The molecule has 0 N–H and O–H groups in total. The summed E-state index contributed by atoms with van der Waals surface area (Å²) in [5.74, 6) is 1.82. The van der Waals surface area contributed by atoms with Gasteiger partial charge in [0.2, 0.25) is 0 Å². The number of pyridine rings is 1. The van der Waals surface area contributed by atoms with Crippen LogP contribution in [0.3, 0.4) is 0 Å². The zero-order valence-corrected chi connectivity index (χ0v) is 9.91. The Balaban J connectivity index is 2.05. The maximum absolute atomic E-state index is 5.27. The molecular formula is C13H13NOS. The number of methoxy groups -OCH3 is 1. The molecule has 0 atom stereocenters. The van der Waals surface area contributed by atoms with E-state index in [-0.39, 0.29) is 0 Å². The van der Waals surface area contributed by atoms with Crippen molar-refractivity contribution in [3.8, 4) is 5.75 Å². The summed E-state index contributed by atoms with van der Waals surface area (Å²) in [5.41, 5.74) is 1.30. The Bertz CT molecular complexity index is 445. The Labute approximate surface area is 99.7 Å².